The first kappa shape index (κ1) is 8.75. The van der Waals surface area contributed by atoms with Crippen LogP contribution in [0.5, 0.6) is 11.5 Å². The molecular formula is C10H12O2S. The Morgan fingerprint density at radius 2 is 1.92 bits per heavy atom. The highest BCUT2D eigenvalue weighted by atomic mass is 32.1. The van der Waals surface area contributed by atoms with Gasteiger partial charge >= 0.3 is 0 Å². The molecular weight excluding hydrogens is 184 g/mol. The Hall–Kier alpha value is -0.830. The van der Waals surface area contributed by atoms with Gasteiger partial charge in [-0.3, -0.25) is 0 Å². The minimum Gasteiger partial charge on any atom is -0.486 e. The first-order chi connectivity index (χ1) is 6.27. The second kappa shape index (κ2) is 3.50. The normalized spacial score (nSPS) is 16.8. The van der Waals surface area contributed by atoms with Gasteiger partial charge in [0, 0.05) is 5.25 Å². The summed E-state index contributed by atoms with van der Waals surface area (Å²) in [6.07, 6.45) is 0. The molecule has 13 heavy (non-hydrogen) atoms. The van der Waals surface area contributed by atoms with Crippen molar-refractivity contribution >= 4 is 12.6 Å². The van der Waals surface area contributed by atoms with Crippen LogP contribution in [-0.2, 0) is 0 Å². The second-order valence-electron chi connectivity index (χ2n) is 3.08. The monoisotopic (exact) mass is 196 g/mol. The third kappa shape index (κ3) is 1.75. The fourth-order valence-corrected chi connectivity index (χ4v) is 1.48. The van der Waals surface area contributed by atoms with Crippen molar-refractivity contribution in [3.63, 3.8) is 0 Å². The van der Waals surface area contributed by atoms with Gasteiger partial charge in [0.2, 0.25) is 0 Å². The first-order valence-electron chi connectivity index (χ1n) is 4.35. The summed E-state index contributed by atoms with van der Waals surface area (Å²) in [6, 6.07) is 5.95. The fraction of sp³-hybridized carbons (Fsp3) is 0.400. The van der Waals surface area contributed by atoms with Crippen LogP contribution in [0.4, 0.5) is 0 Å². The summed E-state index contributed by atoms with van der Waals surface area (Å²) in [4.78, 5) is 0. The molecule has 1 unspecified atom stereocenters. The van der Waals surface area contributed by atoms with E-state index in [1.807, 2.05) is 25.1 Å². The van der Waals surface area contributed by atoms with Crippen LogP contribution in [0.3, 0.4) is 0 Å². The van der Waals surface area contributed by atoms with Gasteiger partial charge in [-0.15, -0.1) is 0 Å². The molecule has 0 amide bonds. The lowest BCUT2D eigenvalue weighted by molar-refractivity contribution is 0.171. The fourth-order valence-electron chi connectivity index (χ4n) is 1.32. The van der Waals surface area contributed by atoms with E-state index in [1.54, 1.807) is 0 Å². The lowest BCUT2D eigenvalue weighted by Crippen LogP contribution is -2.15. The quantitative estimate of drug-likeness (QED) is 0.695. The van der Waals surface area contributed by atoms with Gasteiger partial charge in [0.25, 0.3) is 0 Å². The van der Waals surface area contributed by atoms with E-state index in [4.69, 9.17) is 9.47 Å². The van der Waals surface area contributed by atoms with Crippen molar-refractivity contribution in [3.8, 4) is 11.5 Å². The molecule has 3 heteroatoms. The maximum atomic E-state index is 5.46. The van der Waals surface area contributed by atoms with Gasteiger partial charge < -0.3 is 9.47 Å². The molecule has 1 aliphatic rings. The predicted octanol–water partition coefficient (Wildman–Crippen LogP) is 2.45. The Morgan fingerprint density at radius 1 is 1.23 bits per heavy atom. The van der Waals surface area contributed by atoms with E-state index < -0.39 is 0 Å². The highest BCUT2D eigenvalue weighted by molar-refractivity contribution is 7.80. The van der Waals surface area contributed by atoms with Crippen LogP contribution in [0.15, 0.2) is 18.2 Å². The lowest BCUT2D eigenvalue weighted by atomic mass is 10.1. The third-order valence-electron chi connectivity index (χ3n) is 2.05. The molecule has 1 aliphatic heterocycles. The zero-order valence-electron chi connectivity index (χ0n) is 7.49. The van der Waals surface area contributed by atoms with Crippen LogP contribution in [0.2, 0.25) is 0 Å². The van der Waals surface area contributed by atoms with Crippen molar-refractivity contribution in [3.05, 3.63) is 23.8 Å². The maximum Gasteiger partial charge on any atom is 0.161 e. The van der Waals surface area contributed by atoms with Crippen molar-refractivity contribution in [2.24, 2.45) is 0 Å². The van der Waals surface area contributed by atoms with E-state index >= 15 is 0 Å². The molecule has 2 rings (SSSR count). The standard InChI is InChI=1S/C10H12O2S/c1-7(13)8-2-3-9-10(6-8)12-5-4-11-9/h2-3,6-7,13H,4-5H2,1H3. The summed E-state index contributed by atoms with van der Waals surface area (Å²) >= 11 is 4.36. The van der Waals surface area contributed by atoms with Crippen LogP contribution in [0.1, 0.15) is 17.7 Å². The number of benzene rings is 1. The van der Waals surface area contributed by atoms with E-state index in [0.29, 0.717) is 13.2 Å². The van der Waals surface area contributed by atoms with Crippen LogP contribution >= 0.6 is 12.6 Å². The number of thiol groups is 1. The van der Waals surface area contributed by atoms with Crippen molar-refractivity contribution in [2.45, 2.75) is 12.2 Å². The molecule has 0 saturated carbocycles. The minimum atomic E-state index is 0.232. The highest BCUT2D eigenvalue weighted by Gasteiger charge is 2.12. The van der Waals surface area contributed by atoms with Gasteiger partial charge in [-0.05, 0) is 24.6 Å². The number of hydrogen-bond acceptors (Lipinski definition) is 3. The van der Waals surface area contributed by atoms with E-state index in [1.165, 1.54) is 0 Å². The van der Waals surface area contributed by atoms with Gasteiger partial charge in [0.15, 0.2) is 11.5 Å². The maximum absolute atomic E-state index is 5.46. The van der Waals surface area contributed by atoms with Gasteiger partial charge in [-0.1, -0.05) is 6.07 Å². The largest absolute Gasteiger partial charge is 0.486 e. The van der Waals surface area contributed by atoms with Gasteiger partial charge in [0.05, 0.1) is 0 Å². The Labute approximate surface area is 83.3 Å². The Balaban J connectivity index is 2.35. The topological polar surface area (TPSA) is 18.5 Å². The zero-order chi connectivity index (χ0) is 9.26. The summed E-state index contributed by atoms with van der Waals surface area (Å²) in [5.41, 5.74) is 1.16. The molecule has 0 radical (unpaired) electrons. The molecule has 1 aromatic rings. The van der Waals surface area contributed by atoms with Gasteiger partial charge in [-0.25, -0.2) is 0 Å². The first-order valence-corrected chi connectivity index (χ1v) is 4.86. The summed E-state index contributed by atoms with van der Waals surface area (Å²) in [5, 5.41) is 0.232. The van der Waals surface area contributed by atoms with E-state index in [-0.39, 0.29) is 5.25 Å². The molecule has 2 nitrogen and oxygen atoms in total. The van der Waals surface area contributed by atoms with Crippen molar-refractivity contribution in [1.29, 1.82) is 0 Å². The predicted molar refractivity (Wildman–Crippen MR) is 54.8 cm³/mol. The van der Waals surface area contributed by atoms with Crippen molar-refractivity contribution in [1.82, 2.24) is 0 Å². The Bertz CT molecular complexity index is 310. The summed E-state index contributed by atoms with van der Waals surface area (Å²) in [7, 11) is 0. The molecule has 70 valence electrons. The Kier molecular flexibility index (Phi) is 2.36. The molecule has 0 N–H and O–H groups in total. The minimum absolute atomic E-state index is 0.232. The Morgan fingerprint density at radius 3 is 2.62 bits per heavy atom. The number of hydrogen-bond donors (Lipinski definition) is 1. The number of rotatable bonds is 1. The molecule has 1 atom stereocenters. The molecule has 0 aliphatic carbocycles. The molecule has 1 aromatic carbocycles. The molecule has 0 spiro atoms. The molecule has 1 heterocycles. The van der Waals surface area contributed by atoms with Crippen molar-refractivity contribution in [2.75, 3.05) is 13.2 Å². The van der Waals surface area contributed by atoms with Gasteiger partial charge in [0.1, 0.15) is 13.2 Å². The number of fused-ring (bicyclic) bond motifs is 1. The average Bonchev–Trinajstić information content (AvgIpc) is 2.17. The van der Waals surface area contributed by atoms with Crippen molar-refractivity contribution < 1.29 is 9.47 Å². The summed E-state index contributed by atoms with van der Waals surface area (Å²) < 4.78 is 10.9. The molecule has 0 saturated heterocycles. The van der Waals surface area contributed by atoms with E-state index in [0.717, 1.165) is 17.1 Å². The summed E-state index contributed by atoms with van der Waals surface area (Å²) in [6.45, 7) is 3.31. The second-order valence-corrected chi connectivity index (χ2v) is 3.85. The zero-order valence-corrected chi connectivity index (χ0v) is 8.38. The van der Waals surface area contributed by atoms with Gasteiger partial charge in [-0.2, -0.15) is 12.6 Å². The third-order valence-corrected chi connectivity index (χ3v) is 2.35. The smallest absolute Gasteiger partial charge is 0.161 e. The van der Waals surface area contributed by atoms with E-state index in [2.05, 4.69) is 12.6 Å². The molecule has 0 aromatic heterocycles. The highest BCUT2D eigenvalue weighted by Crippen LogP contribution is 2.33. The SMILES string of the molecule is CC(S)c1ccc2c(c1)OCCO2. The average molecular weight is 196 g/mol. The van der Waals surface area contributed by atoms with Crippen LogP contribution < -0.4 is 9.47 Å². The van der Waals surface area contributed by atoms with Crippen LogP contribution in [0.25, 0.3) is 0 Å². The molecule has 0 bridgehead atoms. The van der Waals surface area contributed by atoms with Crippen LogP contribution in [-0.4, -0.2) is 13.2 Å². The molecule has 0 fully saturated rings. The van der Waals surface area contributed by atoms with Crippen LogP contribution in [0, 0.1) is 0 Å². The number of ether oxygens (including phenoxy) is 2. The summed E-state index contributed by atoms with van der Waals surface area (Å²) in [5.74, 6) is 1.67. The lowest BCUT2D eigenvalue weighted by Gasteiger charge is -2.19. The van der Waals surface area contributed by atoms with E-state index in [9.17, 15) is 0 Å².